The van der Waals surface area contributed by atoms with Gasteiger partial charge in [-0.2, -0.15) is 13.2 Å². The molecule has 0 heterocycles. The Labute approximate surface area is 153 Å². The Morgan fingerprint density at radius 1 is 0.960 bits per heavy atom. The first kappa shape index (κ1) is 24.5. The number of unbranched alkanes of at least 4 members (excludes halogenated alkanes) is 1. The van der Waals surface area contributed by atoms with Crippen LogP contribution in [0.1, 0.15) is 81.1 Å². The van der Waals surface area contributed by atoms with E-state index in [9.17, 15) is 13.2 Å². The molecule has 1 nitrogen and oxygen atoms in total. The molecular formula is C20H37F3OSi. The van der Waals surface area contributed by atoms with Crippen molar-refractivity contribution in [3.8, 4) is 0 Å². The first-order valence-electron chi connectivity index (χ1n) is 9.61. The van der Waals surface area contributed by atoms with Crippen molar-refractivity contribution in [1.29, 1.82) is 0 Å². The lowest BCUT2D eigenvalue weighted by molar-refractivity contribution is -0.0969. The molecule has 0 saturated carbocycles. The predicted octanol–water partition coefficient (Wildman–Crippen LogP) is 7.79. The van der Waals surface area contributed by atoms with E-state index in [-0.39, 0.29) is 23.2 Å². The highest BCUT2D eigenvalue weighted by Crippen LogP contribution is 2.43. The summed E-state index contributed by atoms with van der Waals surface area (Å²) in [6, 6.07) is 0. The molecule has 0 radical (unpaired) electrons. The summed E-state index contributed by atoms with van der Waals surface area (Å²) in [6.45, 7) is 16.0. The molecule has 0 N–H and O–H groups in total. The normalized spacial score (nSPS) is 12.9. The minimum absolute atomic E-state index is 0.261. The van der Waals surface area contributed by atoms with Crippen LogP contribution < -0.4 is 0 Å². The van der Waals surface area contributed by atoms with E-state index >= 15 is 0 Å². The Morgan fingerprint density at radius 2 is 1.44 bits per heavy atom. The number of hydrogen-bond donors (Lipinski definition) is 0. The third-order valence-corrected chi connectivity index (χ3v) is 11.2. The SMILES string of the molecule is CCCCC(=C=C(CO[Si](C(C)C)(C(C)C)C(C)C)C(F)(F)F)CC. The van der Waals surface area contributed by atoms with E-state index in [4.69, 9.17) is 4.43 Å². The average Bonchev–Trinajstić information content (AvgIpc) is 2.47. The van der Waals surface area contributed by atoms with Gasteiger partial charge in [0.25, 0.3) is 0 Å². The van der Waals surface area contributed by atoms with E-state index in [0.717, 1.165) is 18.4 Å². The summed E-state index contributed by atoms with van der Waals surface area (Å²) in [7, 11) is -2.33. The van der Waals surface area contributed by atoms with Gasteiger partial charge in [0.05, 0.1) is 12.2 Å². The molecule has 0 fully saturated rings. The summed E-state index contributed by atoms with van der Waals surface area (Å²) in [5, 5.41) is 0. The van der Waals surface area contributed by atoms with E-state index in [2.05, 4.69) is 47.3 Å². The van der Waals surface area contributed by atoms with E-state index in [1.54, 1.807) is 0 Å². The average molecular weight is 379 g/mol. The van der Waals surface area contributed by atoms with Crippen LogP contribution in [0.15, 0.2) is 16.9 Å². The van der Waals surface area contributed by atoms with E-state index in [1.807, 2.05) is 13.8 Å². The van der Waals surface area contributed by atoms with Crippen molar-refractivity contribution < 1.29 is 17.6 Å². The van der Waals surface area contributed by atoms with Crippen molar-refractivity contribution in [3.05, 3.63) is 16.9 Å². The molecule has 0 aromatic rings. The van der Waals surface area contributed by atoms with Crippen LogP contribution in [0.3, 0.4) is 0 Å². The summed E-state index contributed by atoms with van der Waals surface area (Å²) in [6.07, 6.45) is -1.26. The van der Waals surface area contributed by atoms with Gasteiger partial charge in [-0.05, 0) is 41.5 Å². The fraction of sp³-hybridized carbons (Fsp3) is 0.850. The molecule has 0 rings (SSSR count). The van der Waals surface area contributed by atoms with Gasteiger partial charge in [-0.25, -0.2) is 0 Å². The second-order valence-electron chi connectivity index (χ2n) is 7.77. The quantitative estimate of drug-likeness (QED) is 0.278. The highest BCUT2D eigenvalue weighted by molar-refractivity contribution is 6.77. The van der Waals surface area contributed by atoms with Gasteiger partial charge in [0.2, 0.25) is 8.32 Å². The molecule has 0 spiro atoms. The molecule has 0 aromatic heterocycles. The Morgan fingerprint density at radius 3 is 1.76 bits per heavy atom. The van der Waals surface area contributed by atoms with Gasteiger partial charge >= 0.3 is 6.18 Å². The predicted molar refractivity (Wildman–Crippen MR) is 103 cm³/mol. The van der Waals surface area contributed by atoms with Crippen LogP contribution in [-0.4, -0.2) is 21.1 Å². The molecule has 0 unspecified atom stereocenters. The van der Waals surface area contributed by atoms with E-state index in [0.29, 0.717) is 12.8 Å². The van der Waals surface area contributed by atoms with Crippen LogP contribution in [-0.2, 0) is 4.43 Å². The summed E-state index contributed by atoms with van der Waals surface area (Å²) in [5.41, 5.74) is 3.54. The van der Waals surface area contributed by atoms with Crippen LogP contribution in [0.4, 0.5) is 13.2 Å². The molecule has 0 aromatic carbocycles. The molecular weight excluding hydrogens is 341 g/mol. The van der Waals surface area contributed by atoms with Crippen LogP contribution >= 0.6 is 0 Å². The molecule has 0 aliphatic carbocycles. The van der Waals surface area contributed by atoms with Gasteiger partial charge in [0.15, 0.2) is 0 Å². The zero-order valence-electron chi connectivity index (χ0n) is 17.3. The lowest BCUT2D eigenvalue weighted by atomic mass is 10.1. The first-order valence-corrected chi connectivity index (χ1v) is 11.8. The van der Waals surface area contributed by atoms with Gasteiger partial charge in [-0.1, -0.05) is 61.8 Å². The van der Waals surface area contributed by atoms with Crippen molar-refractivity contribution in [2.75, 3.05) is 6.61 Å². The lowest BCUT2D eigenvalue weighted by Gasteiger charge is -2.42. The van der Waals surface area contributed by atoms with E-state index in [1.165, 1.54) is 0 Å². The van der Waals surface area contributed by atoms with Crippen LogP contribution in [0.25, 0.3) is 0 Å². The minimum atomic E-state index is -4.39. The van der Waals surface area contributed by atoms with Gasteiger partial charge in [-0.15, -0.1) is 5.73 Å². The Balaban J connectivity index is 5.79. The van der Waals surface area contributed by atoms with Crippen LogP contribution in [0.5, 0.6) is 0 Å². The van der Waals surface area contributed by atoms with Gasteiger partial charge < -0.3 is 4.43 Å². The molecule has 0 aliphatic rings. The molecule has 0 saturated heterocycles. The maximum atomic E-state index is 13.5. The lowest BCUT2D eigenvalue weighted by Crippen LogP contribution is -2.48. The Hall–Kier alpha value is -0.513. The number of alkyl halides is 3. The van der Waals surface area contributed by atoms with Crippen molar-refractivity contribution in [2.24, 2.45) is 0 Å². The number of rotatable bonds is 10. The monoisotopic (exact) mass is 378 g/mol. The summed E-state index contributed by atoms with van der Waals surface area (Å²) in [5.74, 6) is 0. The maximum Gasteiger partial charge on any atom is 0.421 e. The molecule has 0 amide bonds. The highest BCUT2D eigenvalue weighted by Gasteiger charge is 2.46. The molecule has 148 valence electrons. The van der Waals surface area contributed by atoms with Crippen LogP contribution in [0, 0.1) is 0 Å². The molecule has 5 heteroatoms. The second kappa shape index (κ2) is 10.6. The second-order valence-corrected chi connectivity index (χ2v) is 13.2. The van der Waals surface area contributed by atoms with Gasteiger partial charge in [0, 0.05) is 0 Å². The summed E-state index contributed by atoms with van der Waals surface area (Å²) < 4.78 is 46.8. The van der Waals surface area contributed by atoms with E-state index < -0.39 is 20.1 Å². The van der Waals surface area contributed by atoms with Crippen molar-refractivity contribution >= 4 is 8.32 Å². The standard InChI is InChI=1S/C20H37F3OSi/c1-9-11-12-18(10-2)13-19(20(21,22)23)14-24-25(15(3)4,16(5)6)17(7)8/h15-17H,9-12,14H2,1-8H3. The zero-order valence-corrected chi connectivity index (χ0v) is 18.3. The van der Waals surface area contributed by atoms with Gasteiger partial charge in [-0.3, -0.25) is 0 Å². The van der Waals surface area contributed by atoms with Crippen molar-refractivity contribution in [2.45, 2.75) is 104 Å². The number of hydrogen-bond acceptors (Lipinski definition) is 1. The third kappa shape index (κ3) is 6.95. The molecule has 0 atom stereocenters. The highest BCUT2D eigenvalue weighted by atomic mass is 28.4. The topological polar surface area (TPSA) is 9.23 Å². The minimum Gasteiger partial charge on any atom is -0.411 e. The fourth-order valence-corrected chi connectivity index (χ4v) is 9.21. The maximum absolute atomic E-state index is 13.5. The third-order valence-electron chi connectivity index (χ3n) is 5.10. The fourth-order valence-electron chi connectivity index (χ4n) is 3.82. The Bertz CT molecular complexity index is 436. The number of halogens is 3. The Kier molecular flexibility index (Phi) is 10.4. The smallest absolute Gasteiger partial charge is 0.411 e. The van der Waals surface area contributed by atoms with Crippen LogP contribution in [0.2, 0.25) is 16.6 Å². The summed E-state index contributed by atoms with van der Waals surface area (Å²) >= 11 is 0. The van der Waals surface area contributed by atoms with Crippen molar-refractivity contribution in [1.82, 2.24) is 0 Å². The first-order chi connectivity index (χ1) is 11.4. The molecule has 0 aliphatic heterocycles. The largest absolute Gasteiger partial charge is 0.421 e. The zero-order chi connectivity index (χ0) is 19.8. The molecule has 0 bridgehead atoms. The van der Waals surface area contributed by atoms with Crippen molar-refractivity contribution in [3.63, 3.8) is 0 Å². The summed E-state index contributed by atoms with van der Waals surface area (Å²) in [4.78, 5) is 0. The molecule has 25 heavy (non-hydrogen) atoms. The van der Waals surface area contributed by atoms with Gasteiger partial charge in [0.1, 0.15) is 0 Å².